The van der Waals surface area contributed by atoms with Crippen molar-refractivity contribution in [1.82, 2.24) is 14.3 Å². The van der Waals surface area contributed by atoms with Crippen LogP contribution in [0.3, 0.4) is 0 Å². The van der Waals surface area contributed by atoms with Gasteiger partial charge >= 0.3 is 0 Å². The van der Waals surface area contributed by atoms with Crippen molar-refractivity contribution in [2.24, 2.45) is 0 Å². The van der Waals surface area contributed by atoms with Crippen molar-refractivity contribution in [2.45, 2.75) is 31.7 Å². The first-order valence-electron chi connectivity index (χ1n) is 8.00. The molecular weight excluding hydrogens is 322 g/mol. The van der Waals surface area contributed by atoms with Gasteiger partial charge < -0.3 is 4.57 Å². The molecule has 24 heavy (non-hydrogen) atoms. The minimum Gasteiger partial charge on any atom is -0.333 e. The van der Waals surface area contributed by atoms with Gasteiger partial charge in [-0.1, -0.05) is 12.1 Å². The molecule has 2 heterocycles. The smallest absolute Gasteiger partial charge is 0.240 e. The van der Waals surface area contributed by atoms with E-state index in [4.69, 9.17) is 0 Å². The summed E-state index contributed by atoms with van der Waals surface area (Å²) in [6.45, 7) is 5.14. The lowest BCUT2D eigenvalue weighted by molar-refractivity contribution is 0.581. The molecular formula is C18H21N3O2S. The molecule has 1 N–H and O–H groups in total. The Hall–Kier alpha value is -2.18. The number of rotatable bonds is 6. The highest BCUT2D eigenvalue weighted by molar-refractivity contribution is 7.89. The summed E-state index contributed by atoms with van der Waals surface area (Å²) in [6, 6.07) is 10.9. The fourth-order valence-corrected chi connectivity index (χ4v) is 3.96. The lowest BCUT2D eigenvalue weighted by atomic mass is 10.2. The first-order chi connectivity index (χ1) is 11.5. The highest BCUT2D eigenvalue weighted by Gasteiger charge is 2.14. The Morgan fingerprint density at radius 1 is 1.21 bits per heavy atom. The molecule has 0 saturated carbocycles. The van der Waals surface area contributed by atoms with Gasteiger partial charge in [-0.15, -0.1) is 0 Å². The van der Waals surface area contributed by atoms with Crippen LogP contribution in [0.1, 0.15) is 18.1 Å². The molecule has 3 rings (SSSR count). The van der Waals surface area contributed by atoms with E-state index in [0.29, 0.717) is 17.9 Å². The van der Waals surface area contributed by atoms with E-state index < -0.39 is 10.0 Å². The van der Waals surface area contributed by atoms with Crippen LogP contribution in [-0.4, -0.2) is 24.5 Å². The van der Waals surface area contributed by atoms with Crippen LogP contribution in [0.4, 0.5) is 0 Å². The number of hydrogen-bond donors (Lipinski definition) is 1. The Morgan fingerprint density at radius 2 is 2.04 bits per heavy atom. The molecule has 6 heteroatoms. The Labute approximate surface area is 142 Å². The Morgan fingerprint density at radius 3 is 2.79 bits per heavy atom. The summed E-state index contributed by atoms with van der Waals surface area (Å²) < 4.78 is 29.5. The third-order valence-corrected chi connectivity index (χ3v) is 5.50. The Balaban J connectivity index is 1.75. The van der Waals surface area contributed by atoms with E-state index in [1.165, 1.54) is 0 Å². The number of fused-ring (bicyclic) bond motifs is 1. The molecule has 3 aromatic rings. The highest BCUT2D eigenvalue weighted by atomic mass is 32.2. The first-order valence-corrected chi connectivity index (χ1v) is 9.48. The number of sulfonamides is 1. The molecule has 0 spiro atoms. The van der Waals surface area contributed by atoms with Crippen LogP contribution in [-0.2, 0) is 23.0 Å². The van der Waals surface area contributed by atoms with Gasteiger partial charge in [-0.25, -0.2) is 18.1 Å². The molecule has 0 amide bonds. The van der Waals surface area contributed by atoms with Gasteiger partial charge in [0.1, 0.15) is 5.65 Å². The van der Waals surface area contributed by atoms with E-state index in [9.17, 15) is 8.42 Å². The van der Waals surface area contributed by atoms with Crippen molar-refractivity contribution in [2.75, 3.05) is 6.54 Å². The van der Waals surface area contributed by atoms with Crippen LogP contribution >= 0.6 is 0 Å². The van der Waals surface area contributed by atoms with Gasteiger partial charge in [-0.2, -0.15) is 0 Å². The lowest BCUT2D eigenvalue weighted by Gasteiger charge is -2.07. The van der Waals surface area contributed by atoms with Crippen LogP contribution in [0.15, 0.2) is 53.7 Å². The second kappa shape index (κ2) is 6.75. The van der Waals surface area contributed by atoms with Crippen molar-refractivity contribution in [3.8, 4) is 0 Å². The summed E-state index contributed by atoms with van der Waals surface area (Å²) in [5, 5.41) is 1.08. The summed E-state index contributed by atoms with van der Waals surface area (Å²) in [6.07, 6.45) is 4.46. The molecule has 0 aliphatic rings. The van der Waals surface area contributed by atoms with Crippen molar-refractivity contribution in [3.05, 3.63) is 59.9 Å². The second-order valence-electron chi connectivity index (χ2n) is 5.78. The van der Waals surface area contributed by atoms with Gasteiger partial charge in [0.15, 0.2) is 0 Å². The number of aryl methyl sites for hydroxylation is 2. The minimum atomic E-state index is -3.48. The molecule has 0 unspecified atom stereocenters. The van der Waals surface area contributed by atoms with Gasteiger partial charge in [0.05, 0.1) is 4.90 Å². The van der Waals surface area contributed by atoms with E-state index in [2.05, 4.69) is 27.4 Å². The number of pyridine rings is 1. The molecule has 0 aliphatic heterocycles. The molecule has 0 bridgehead atoms. The van der Waals surface area contributed by atoms with Gasteiger partial charge in [0.2, 0.25) is 10.0 Å². The third kappa shape index (κ3) is 3.34. The van der Waals surface area contributed by atoms with E-state index in [1.54, 1.807) is 24.4 Å². The van der Waals surface area contributed by atoms with Crippen LogP contribution < -0.4 is 4.72 Å². The zero-order chi connectivity index (χ0) is 17.2. The molecule has 0 fully saturated rings. The van der Waals surface area contributed by atoms with Crippen molar-refractivity contribution >= 4 is 21.1 Å². The summed E-state index contributed by atoms with van der Waals surface area (Å²) in [4.78, 5) is 4.72. The van der Waals surface area contributed by atoms with Crippen LogP contribution in [0.2, 0.25) is 0 Å². The van der Waals surface area contributed by atoms with Crippen LogP contribution in [0.25, 0.3) is 11.0 Å². The molecule has 126 valence electrons. The van der Waals surface area contributed by atoms with Gasteiger partial charge in [0, 0.05) is 30.9 Å². The largest absolute Gasteiger partial charge is 0.333 e. The molecule has 1 aromatic carbocycles. The Bertz CT molecular complexity index is 961. The Kier molecular flexibility index (Phi) is 4.69. The molecule has 0 radical (unpaired) electrons. The number of nitrogens with one attached hydrogen (secondary N) is 1. The maximum Gasteiger partial charge on any atom is 0.240 e. The van der Waals surface area contributed by atoms with E-state index in [0.717, 1.165) is 28.7 Å². The number of aromatic nitrogens is 2. The average molecular weight is 343 g/mol. The van der Waals surface area contributed by atoms with Crippen LogP contribution in [0, 0.1) is 6.92 Å². The summed E-state index contributed by atoms with van der Waals surface area (Å²) in [5.41, 5.74) is 2.97. The zero-order valence-electron chi connectivity index (χ0n) is 13.9. The average Bonchev–Trinajstić information content (AvgIpc) is 2.93. The van der Waals surface area contributed by atoms with E-state index in [1.807, 2.05) is 25.1 Å². The number of hydrogen-bond acceptors (Lipinski definition) is 3. The summed E-state index contributed by atoms with van der Waals surface area (Å²) in [5.74, 6) is 0. The second-order valence-corrected chi connectivity index (χ2v) is 7.55. The molecule has 0 aliphatic carbocycles. The molecule has 0 atom stereocenters. The van der Waals surface area contributed by atoms with Crippen molar-refractivity contribution < 1.29 is 8.42 Å². The van der Waals surface area contributed by atoms with Crippen LogP contribution in [0.5, 0.6) is 0 Å². The highest BCUT2D eigenvalue weighted by Crippen LogP contribution is 2.20. The van der Waals surface area contributed by atoms with E-state index >= 15 is 0 Å². The van der Waals surface area contributed by atoms with Gasteiger partial charge in [0.25, 0.3) is 0 Å². The molecule has 5 nitrogen and oxygen atoms in total. The lowest BCUT2D eigenvalue weighted by Crippen LogP contribution is -2.26. The zero-order valence-corrected chi connectivity index (χ0v) is 14.7. The van der Waals surface area contributed by atoms with Gasteiger partial charge in [-0.05, 0) is 55.7 Å². The first kappa shape index (κ1) is 16.7. The monoisotopic (exact) mass is 343 g/mol. The number of nitrogens with zero attached hydrogens (tertiary/aromatic N) is 2. The van der Waals surface area contributed by atoms with Gasteiger partial charge in [-0.3, -0.25) is 0 Å². The maximum absolute atomic E-state index is 12.4. The number of benzene rings is 1. The fourth-order valence-electron chi connectivity index (χ4n) is 2.82. The predicted molar refractivity (Wildman–Crippen MR) is 95.5 cm³/mol. The third-order valence-electron chi connectivity index (χ3n) is 4.04. The summed E-state index contributed by atoms with van der Waals surface area (Å²) in [7, 11) is -3.48. The summed E-state index contributed by atoms with van der Waals surface area (Å²) >= 11 is 0. The normalized spacial score (nSPS) is 11.9. The van der Waals surface area contributed by atoms with E-state index in [-0.39, 0.29) is 0 Å². The quantitative estimate of drug-likeness (QED) is 0.748. The SMILES string of the molecule is CCn1cc(CCNS(=O)(=O)c2cccc(C)c2)c2cccnc21. The van der Waals surface area contributed by atoms with Crippen molar-refractivity contribution in [3.63, 3.8) is 0 Å². The molecule has 2 aromatic heterocycles. The molecule has 0 saturated heterocycles. The standard InChI is InChI=1S/C18H21N3O2S/c1-3-21-13-15(17-8-5-10-19-18(17)21)9-11-20-24(22,23)16-7-4-6-14(2)12-16/h4-8,10,12-13,20H,3,9,11H2,1-2H3. The minimum absolute atomic E-state index is 0.306. The fraction of sp³-hybridized carbons (Fsp3) is 0.278. The maximum atomic E-state index is 12.4. The van der Waals surface area contributed by atoms with Crippen molar-refractivity contribution in [1.29, 1.82) is 0 Å². The topological polar surface area (TPSA) is 64.0 Å². The predicted octanol–water partition coefficient (Wildman–Crippen LogP) is 2.89.